The molecule has 8 heteroatoms. The van der Waals surface area contributed by atoms with Gasteiger partial charge in [0.05, 0.1) is 10.6 Å². The van der Waals surface area contributed by atoms with Gasteiger partial charge in [-0.1, -0.05) is 6.07 Å². The van der Waals surface area contributed by atoms with Gasteiger partial charge >= 0.3 is 0 Å². The van der Waals surface area contributed by atoms with Gasteiger partial charge < -0.3 is 5.32 Å². The molecule has 130 valence electrons. The number of carbonyl (C=O) groups is 1. The number of fused-ring (bicyclic) bond motifs is 1. The van der Waals surface area contributed by atoms with Gasteiger partial charge in [0, 0.05) is 24.1 Å². The summed E-state index contributed by atoms with van der Waals surface area (Å²) in [5.41, 5.74) is 3.57. The number of thiophene rings is 1. The number of nitrogens with one attached hydrogen (secondary N) is 1. The highest BCUT2D eigenvalue weighted by molar-refractivity contribution is 7.13. The van der Waals surface area contributed by atoms with Crippen LogP contribution >= 0.6 is 11.3 Å². The summed E-state index contributed by atoms with van der Waals surface area (Å²) >= 11 is 1.63. The first-order valence-corrected chi connectivity index (χ1v) is 8.96. The molecule has 4 heterocycles. The number of pyridine rings is 1. The van der Waals surface area contributed by atoms with Gasteiger partial charge in [-0.2, -0.15) is 0 Å². The second kappa shape index (κ2) is 6.64. The number of carbonyl (C=O) groups excluding carboxylic acids is 1. The summed E-state index contributed by atoms with van der Waals surface area (Å²) in [5.74, 6) is 0.370. The van der Waals surface area contributed by atoms with Crippen molar-refractivity contribution < 1.29 is 4.79 Å². The third-order valence-corrected chi connectivity index (χ3v) is 4.84. The van der Waals surface area contributed by atoms with Crippen molar-refractivity contribution in [3.8, 4) is 10.6 Å². The molecule has 0 aliphatic carbocycles. The van der Waals surface area contributed by atoms with Crippen molar-refractivity contribution in [3.63, 3.8) is 0 Å². The second-order valence-electron chi connectivity index (χ2n) is 5.91. The Morgan fingerprint density at radius 3 is 2.92 bits per heavy atom. The molecule has 0 saturated heterocycles. The molecule has 0 aliphatic rings. The van der Waals surface area contributed by atoms with E-state index in [1.54, 1.807) is 21.9 Å². The Morgan fingerprint density at radius 2 is 2.12 bits per heavy atom. The zero-order chi connectivity index (χ0) is 18.1. The van der Waals surface area contributed by atoms with Crippen LogP contribution in [-0.4, -0.2) is 30.5 Å². The van der Waals surface area contributed by atoms with Gasteiger partial charge in [0.25, 0.3) is 11.7 Å². The van der Waals surface area contributed by atoms with Gasteiger partial charge in [-0.15, -0.1) is 21.5 Å². The average molecular weight is 364 g/mol. The van der Waals surface area contributed by atoms with Crippen molar-refractivity contribution in [1.29, 1.82) is 0 Å². The maximum Gasteiger partial charge on any atom is 0.289 e. The second-order valence-corrected chi connectivity index (χ2v) is 6.85. The van der Waals surface area contributed by atoms with Crippen LogP contribution in [0.5, 0.6) is 0 Å². The number of hydrogen-bond donors (Lipinski definition) is 1. The van der Waals surface area contributed by atoms with E-state index in [2.05, 4.69) is 25.5 Å². The van der Waals surface area contributed by atoms with Crippen LogP contribution in [0, 0.1) is 13.8 Å². The normalized spacial score (nSPS) is 11.0. The number of amides is 1. The van der Waals surface area contributed by atoms with Crippen LogP contribution < -0.4 is 5.32 Å². The van der Waals surface area contributed by atoms with E-state index in [9.17, 15) is 4.79 Å². The lowest BCUT2D eigenvalue weighted by molar-refractivity contribution is 0.0939. The molecular formula is C18H16N6OS. The molecule has 0 bridgehead atoms. The standard InChI is InChI=1S/C18H16N6OS/c1-11-8-12(2)24-16(22-23-18(24)21-11)17(25)20-10-13-5-6-19-14(9-13)15-4-3-7-26-15/h3-9H,10H2,1-2H3,(H,20,25). The van der Waals surface area contributed by atoms with E-state index in [0.29, 0.717) is 12.3 Å². The molecule has 0 radical (unpaired) electrons. The first-order chi connectivity index (χ1) is 12.6. The summed E-state index contributed by atoms with van der Waals surface area (Å²) in [6.07, 6.45) is 1.75. The topological polar surface area (TPSA) is 85.1 Å². The molecule has 4 aromatic rings. The van der Waals surface area contributed by atoms with Crippen LogP contribution in [0.4, 0.5) is 0 Å². The number of nitrogens with zero attached hydrogens (tertiary/aromatic N) is 5. The predicted molar refractivity (Wildman–Crippen MR) is 99.0 cm³/mol. The Hall–Kier alpha value is -3.13. The minimum atomic E-state index is -0.291. The molecule has 0 saturated carbocycles. The van der Waals surface area contributed by atoms with Gasteiger partial charge in [0.15, 0.2) is 0 Å². The third-order valence-electron chi connectivity index (χ3n) is 3.95. The quantitative estimate of drug-likeness (QED) is 0.602. The molecule has 1 N–H and O–H groups in total. The van der Waals surface area contributed by atoms with E-state index < -0.39 is 0 Å². The van der Waals surface area contributed by atoms with Crippen molar-refractivity contribution in [2.75, 3.05) is 0 Å². The maximum atomic E-state index is 12.6. The molecule has 1 amide bonds. The van der Waals surface area contributed by atoms with E-state index in [0.717, 1.165) is 27.5 Å². The smallest absolute Gasteiger partial charge is 0.289 e. The Bertz CT molecular complexity index is 1090. The fraction of sp³-hybridized carbons (Fsp3) is 0.167. The van der Waals surface area contributed by atoms with Crippen LogP contribution in [0.3, 0.4) is 0 Å². The highest BCUT2D eigenvalue weighted by Gasteiger charge is 2.16. The summed E-state index contributed by atoms with van der Waals surface area (Å²) in [5, 5.41) is 12.9. The summed E-state index contributed by atoms with van der Waals surface area (Å²) in [6.45, 7) is 4.17. The molecule has 0 fully saturated rings. The first kappa shape index (κ1) is 16.3. The molecule has 0 aromatic carbocycles. The van der Waals surface area contributed by atoms with Crippen LogP contribution in [0.1, 0.15) is 27.6 Å². The molecule has 26 heavy (non-hydrogen) atoms. The van der Waals surface area contributed by atoms with Gasteiger partial charge in [0.1, 0.15) is 0 Å². The molecule has 4 aromatic heterocycles. The number of aromatic nitrogens is 5. The van der Waals surface area contributed by atoms with E-state index in [4.69, 9.17) is 0 Å². The molecule has 7 nitrogen and oxygen atoms in total. The SMILES string of the molecule is Cc1cc(C)n2c(C(=O)NCc3ccnc(-c4cccs4)c3)nnc2n1. The molecule has 0 atom stereocenters. The zero-order valence-corrected chi connectivity index (χ0v) is 15.1. The third kappa shape index (κ3) is 3.06. The van der Waals surface area contributed by atoms with Crippen LogP contribution in [-0.2, 0) is 6.54 Å². The highest BCUT2D eigenvalue weighted by Crippen LogP contribution is 2.23. The molecule has 0 aliphatic heterocycles. The zero-order valence-electron chi connectivity index (χ0n) is 14.3. The Kier molecular flexibility index (Phi) is 4.18. The molecule has 0 unspecified atom stereocenters. The summed E-state index contributed by atoms with van der Waals surface area (Å²) in [4.78, 5) is 22.3. The fourth-order valence-corrected chi connectivity index (χ4v) is 3.48. The van der Waals surface area contributed by atoms with Crippen molar-refractivity contribution in [2.24, 2.45) is 0 Å². The monoisotopic (exact) mass is 364 g/mol. The van der Waals surface area contributed by atoms with Crippen LogP contribution in [0.15, 0.2) is 41.9 Å². The van der Waals surface area contributed by atoms with Gasteiger partial charge in [-0.25, -0.2) is 4.98 Å². The first-order valence-electron chi connectivity index (χ1n) is 8.08. The summed E-state index contributed by atoms with van der Waals surface area (Å²) in [6, 6.07) is 9.77. The lowest BCUT2D eigenvalue weighted by Gasteiger charge is -2.07. The molecule has 0 spiro atoms. The van der Waals surface area contributed by atoms with Gasteiger partial charge in [-0.05, 0) is 49.1 Å². The van der Waals surface area contributed by atoms with E-state index >= 15 is 0 Å². The maximum absolute atomic E-state index is 12.6. The minimum Gasteiger partial charge on any atom is -0.345 e. The molecule has 4 rings (SSSR count). The largest absolute Gasteiger partial charge is 0.345 e. The van der Waals surface area contributed by atoms with Crippen LogP contribution in [0.25, 0.3) is 16.3 Å². The summed E-state index contributed by atoms with van der Waals surface area (Å²) in [7, 11) is 0. The van der Waals surface area contributed by atoms with Crippen molar-refractivity contribution >= 4 is 23.0 Å². The lowest BCUT2D eigenvalue weighted by atomic mass is 10.2. The predicted octanol–water partition coefficient (Wildman–Crippen LogP) is 2.79. The van der Waals surface area contributed by atoms with Gasteiger partial charge in [-0.3, -0.25) is 14.2 Å². The van der Waals surface area contributed by atoms with Crippen LogP contribution in [0.2, 0.25) is 0 Å². The van der Waals surface area contributed by atoms with E-state index in [1.165, 1.54) is 0 Å². The Morgan fingerprint density at radius 1 is 1.23 bits per heavy atom. The van der Waals surface area contributed by atoms with Gasteiger partial charge in [0.2, 0.25) is 5.82 Å². The fourth-order valence-electron chi connectivity index (χ4n) is 2.78. The van der Waals surface area contributed by atoms with Crippen molar-refractivity contribution in [1.82, 2.24) is 29.9 Å². The minimum absolute atomic E-state index is 0.234. The number of rotatable bonds is 4. The van der Waals surface area contributed by atoms with E-state index in [-0.39, 0.29) is 11.7 Å². The van der Waals surface area contributed by atoms with Crippen molar-refractivity contribution in [2.45, 2.75) is 20.4 Å². The number of aryl methyl sites for hydroxylation is 2. The Labute approximate surface area is 153 Å². The number of hydrogen-bond acceptors (Lipinski definition) is 6. The van der Waals surface area contributed by atoms with Crippen molar-refractivity contribution in [3.05, 3.63) is 64.7 Å². The lowest BCUT2D eigenvalue weighted by Crippen LogP contribution is -2.25. The summed E-state index contributed by atoms with van der Waals surface area (Å²) < 4.78 is 1.66. The molecular weight excluding hydrogens is 348 g/mol. The highest BCUT2D eigenvalue weighted by atomic mass is 32.1. The Balaban J connectivity index is 1.54. The van der Waals surface area contributed by atoms with E-state index in [1.807, 2.05) is 49.6 Å². The average Bonchev–Trinajstić information content (AvgIpc) is 3.29.